The molecule has 13 heavy (non-hydrogen) atoms. The highest BCUT2D eigenvalue weighted by atomic mass is 127. The molecule has 1 aromatic carbocycles. The summed E-state index contributed by atoms with van der Waals surface area (Å²) in [6.45, 7) is 0. The van der Waals surface area contributed by atoms with Crippen LogP contribution < -0.4 is 5.56 Å². The number of aromatic amines is 1. The third-order valence-electron chi connectivity index (χ3n) is 1.66. The number of aromatic nitrogens is 2. The number of H-pyrrole nitrogens is 1. The first-order valence-corrected chi connectivity index (χ1v) is 4.96. The second-order valence-electron chi connectivity index (χ2n) is 2.52. The zero-order valence-corrected chi connectivity index (χ0v) is 9.26. The minimum atomic E-state index is -0.162. The van der Waals surface area contributed by atoms with Crippen LogP contribution in [-0.4, -0.2) is 9.97 Å². The Kier molecular flexibility index (Phi) is 2.25. The standard InChI is InChI=1S/C8H4ClIN2O/c9-4-1-5-7(6(10)2-4)11-3-12-8(5)13/h1-3H,(H,11,12,13). The van der Waals surface area contributed by atoms with Crippen molar-refractivity contribution in [2.24, 2.45) is 0 Å². The molecule has 2 aromatic rings. The van der Waals surface area contributed by atoms with Crippen molar-refractivity contribution in [3.8, 4) is 0 Å². The Bertz CT molecular complexity index is 523. The van der Waals surface area contributed by atoms with Gasteiger partial charge >= 0.3 is 0 Å². The predicted molar refractivity (Wildman–Crippen MR) is 60.1 cm³/mol. The Hall–Kier alpha value is -0.620. The van der Waals surface area contributed by atoms with Crippen LogP contribution in [-0.2, 0) is 0 Å². The van der Waals surface area contributed by atoms with Crippen LogP contribution >= 0.6 is 34.2 Å². The van der Waals surface area contributed by atoms with Crippen molar-refractivity contribution in [3.63, 3.8) is 0 Å². The van der Waals surface area contributed by atoms with Crippen LogP contribution in [0.5, 0.6) is 0 Å². The number of nitrogens with one attached hydrogen (secondary N) is 1. The Labute approximate surface area is 92.3 Å². The average Bonchev–Trinajstić information content (AvgIpc) is 2.07. The Balaban J connectivity index is 3.03. The van der Waals surface area contributed by atoms with Crippen LogP contribution in [0.25, 0.3) is 10.9 Å². The second-order valence-corrected chi connectivity index (χ2v) is 4.11. The Morgan fingerprint density at radius 2 is 2.23 bits per heavy atom. The van der Waals surface area contributed by atoms with E-state index in [1.54, 1.807) is 12.1 Å². The van der Waals surface area contributed by atoms with Gasteiger partial charge in [-0.2, -0.15) is 0 Å². The lowest BCUT2D eigenvalue weighted by Gasteiger charge is -1.98. The van der Waals surface area contributed by atoms with Gasteiger partial charge in [-0.1, -0.05) is 11.6 Å². The predicted octanol–water partition coefficient (Wildman–Crippen LogP) is 2.18. The van der Waals surface area contributed by atoms with Crippen LogP contribution in [0.15, 0.2) is 23.3 Å². The Morgan fingerprint density at radius 3 is 3.00 bits per heavy atom. The number of halogens is 2. The van der Waals surface area contributed by atoms with Crippen molar-refractivity contribution in [2.75, 3.05) is 0 Å². The zero-order chi connectivity index (χ0) is 9.42. The summed E-state index contributed by atoms with van der Waals surface area (Å²) >= 11 is 7.91. The number of fused-ring (bicyclic) bond motifs is 1. The van der Waals surface area contributed by atoms with E-state index < -0.39 is 0 Å². The molecule has 0 bridgehead atoms. The van der Waals surface area contributed by atoms with Crippen molar-refractivity contribution in [1.82, 2.24) is 9.97 Å². The van der Waals surface area contributed by atoms with E-state index in [1.165, 1.54) is 6.33 Å². The topological polar surface area (TPSA) is 45.8 Å². The largest absolute Gasteiger partial charge is 0.313 e. The highest BCUT2D eigenvalue weighted by Crippen LogP contribution is 2.20. The third-order valence-corrected chi connectivity index (χ3v) is 2.70. The van der Waals surface area contributed by atoms with Gasteiger partial charge in [0.1, 0.15) is 0 Å². The SMILES string of the molecule is O=c1[nH]cnc2c(I)cc(Cl)cc12. The Morgan fingerprint density at radius 1 is 1.46 bits per heavy atom. The highest BCUT2D eigenvalue weighted by molar-refractivity contribution is 14.1. The number of hydrogen-bond donors (Lipinski definition) is 1. The highest BCUT2D eigenvalue weighted by Gasteiger charge is 2.04. The molecule has 5 heteroatoms. The fourth-order valence-corrected chi connectivity index (χ4v) is 2.27. The van der Waals surface area contributed by atoms with Crippen LogP contribution in [0.1, 0.15) is 0 Å². The molecule has 0 fully saturated rings. The van der Waals surface area contributed by atoms with Crippen molar-refractivity contribution < 1.29 is 0 Å². The molecule has 0 saturated heterocycles. The molecule has 0 amide bonds. The summed E-state index contributed by atoms with van der Waals surface area (Å²) in [5.41, 5.74) is 0.527. The molecule has 0 atom stereocenters. The maximum Gasteiger partial charge on any atom is 0.258 e. The van der Waals surface area contributed by atoms with Crippen molar-refractivity contribution in [2.45, 2.75) is 0 Å². The van der Waals surface area contributed by atoms with Crippen molar-refractivity contribution in [3.05, 3.63) is 37.4 Å². The van der Waals surface area contributed by atoms with E-state index in [-0.39, 0.29) is 5.56 Å². The van der Waals surface area contributed by atoms with E-state index in [1.807, 2.05) is 0 Å². The van der Waals surface area contributed by atoms with Crippen LogP contribution in [0.4, 0.5) is 0 Å². The van der Waals surface area contributed by atoms with Gasteiger partial charge in [0.05, 0.1) is 17.2 Å². The molecule has 66 valence electrons. The first-order valence-electron chi connectivity index (χ1n) is 3.51. The summed E-state index contributed by atoms with van der Waals surface area (Å²) in [7, 11) is 0. The van der Waals surface area contributed by atoms with Gasteiger partial charge in [-0.3, -0.25) is 4.79 Å². The summed E-state index contributed by atoms with van der Waals surface area (Å²) in [5, 5.41) is 1.08. The molecule has 1 heterocycles. The van der Waals surface area contributed by atoms with Gasteiger partial charge in [0.2, 0.25) is 0 Å². The average molecular weight is 306 g/mol. The van der Waals surface area contributed by atoms with Crippen molar-refractivity contribution in [1.29, 1.82) is 0 Å². The van der Waals surface area contributed by atoms with E-state index in [9.17, 15) is 4.79 Å². The lowest BCUT2D eigenvalue weighted by molar-refractivity contribution is 1.17. The summed E-state index contributed by atoms with van der Waals surface area (Å²) in [5.74, 6) is 0. The van der Waals surface area contributed by atoms with Crippen LogP contribution in [0.3, 0.4) is 0 Å². The molecule has 0 saturated carbocycles. The lowest BCUT2D eigenvalue weighted by atomic mass is 10.2. The minimum Gasteiger partial charge on any atom is -0.313 e. The normalized spacial score (nSPS) is 10.6. The van der Waals surface area contributed by atoms with Gasteiger partial charge in [-0.05, 0) is 34.7 Å². The molecule has 1 N–H and O–H groups in total. The monoisotopic (exact) mass is 306 g/mol. The van der Waals surface area contributed by atoms with E-state index in [0.717, 1.165) is 3.57 Å². The molecule has 2 rings (SSSR count). The molecule has 0 spiro atoms. The minimum absolute atomic E-state index is 0.162. The maximum absolute atomic E-state index is 11.3. The molecule has 0 unspecified atom stereocenters. The summed E-state index contributed by atoms with van der Waals surface area (Å²) < 4.78 is 0.881. The number of hydrogen-bond acceptors (Lipinski definition) is 2. The zero-order valence-electron chi connectivity index (χ0n) is 6.34. The van der Waals surface area contributed by atoms with Crippen LogP contribution in [0, 0.1) is 3.57 Å². The summed E-state index contributed by atoms with van der Waals surface area (Å²) in [6.07, 6.45) is 1.39. The smallest absolute Gasteiger partial charge is 0.258 e. The number of nitrogens with zero attached hydrogens (tertiary/aromatic N) is 1. The fraction of sp³-hybridized carbons (Fsp3) is 0. The third kappa shape index (κ3) is 1.55. The molecule has 0 aliphatic carbocycles. The number of benzene rings is 1. The number of rotatable bonds is 0. The van der Waals surface area contributed by atoms with Gasteiger partial charge in [-0.15, -0.1) is 0 Å². The molecule has 0 aliphatic heterocycles. The molecular formula is C8H4ClIN2O. The van der Waals surface area contributed by atoms with E-state index in [2.05, 4.69) is 32.6 Å². The van der Waals surface area contributed by atoms with Gasteiger partial charge in [0.25, 0.3) is 5.56 Å². The van der Waals surface area contributed by atoms with Gasteiger partial charge in [0.15, 0.2) is 0 Å². The fourth-order valence-electron chi connectivity index (χ4n) is 1.10. The molecule has 0 aliphatic rings. The van der Waals surface area contributed by atoms with Gasteiger partial charge in [-0.25, -0.2) is 4.98 Å². The summed E-state index contributed by atoms with van der Waals surface area (Å²) in [6, 6.07) is 3.39. The maximum atomic E-state index is 11.3. The lowest BCUT2D eigenvalue weighted by Crippen LogP contribution is -2.06. The van der Waals surface area contributed by atoms with E-state index in [0.29, 0.717) is 15.9 Å². The first kappa shape index (κ1) is 8.96. The molecular weight excluding hydrogens is 302 g/mol. The summed E-state index contributed by atoms with van der Waals surface area (Å²) in [4.78, 5) is 17.9. The molecule has 1 aromatic heterocycles. The molecule has 3 nitrogen and oxygen atoms in total. The van der Waals surface area contributed by atoms with E-state index >= 15 is 0 Å². The quantitative estimate of drug-likeness (QED) is 0.758. The van der Waals surface area contributed by atoms with Gasteiger partial charge in [0, 0.05) is 8.59 Å². The van der Waals surface area contributed by atoms with Crippen LogP contribution in [0.2, 0.25) is 5.02 Å². The van der Waals surface area contributed by atoms with Gasteiger partial charge < -0.3 is 4.98 Å². The first-order chi connectivity index (χ1) is 6.18. The van der Waals surface area contributed by atoms with Crippen molar-refractivity contribution >= 4 is 45.1 Å². The molecule has 0 radical (unpaired) electrons. The van der Waals surface area contributed by atoms with E-state index in [4.69, 9.17) is 11.6 Å². The second kappa shape index (κ2) is 3.26.